The van der Waals surface area contributed by atoms with Crippen LogP contribution in [0.25, 0.3) is 0 Å². The fourth-order valence-electron chi connectivity index (χ4n) is 5.43. The monoisotopic (exact) mass is 429 g/mol. The highest BCUT2D eigenvalue weighted by molar-refractivity contribution is 5.94. The van der Waals surface area contributed by atoms with Gasteiger partial charge in [-0.25, -0.2) is 5.48 Å². The Morgan fingerprint density at radius 1 is 1.19 bits per heavy atom. The lowest BCUT2D eigenvalue weighted by atomic mass is 9.77. The fraction of sp³-hybridized carbons (Fsp3) is 0.625. The molecule has 1 aliphatic heterocycles. The standard InChI is InChI=1S/C24H35N3O4/c1-25-22(29)21(19-12-6-3-7-13-19)27-16-15-24(23(27)30,17-20(28)26-31)14-8-11-18-9-4-2-5-10-18/h2,4-5,9-10,19,21,31H,3,6-8,11-17H2,1H3,(H,25,29)(H,26,28). The van der Waals surface area contributed by atoms with Crippen LogP contribution in [0.1, 0.15) is 63.4 Å². The van der Waals surface area contributed by atoms with Gasteiger partial charge in [0.25, 0.3) is 0 Å². The highest BCUT2D eigenvalue weighted by atomic mass is 16.5. The van der Waals surface area contributed by atoms with Crippen LogP contribution < -0.4 is 10.8 Å². The van der Waals surface area contributed by atoms with Gasteiger partial charge in [0.2, 0.25) is 17.7 Å². The predicted octanol–water partition coefficient (Wildman–Crippen LogP) is 2.82. The second kappa shape index (κ2) is 10.8. The number of likely N-dealkylation sites (tertiary alicyclic amines) is 1. The number of carbonyl (C=O) groups is 3. The maximum absolute atomic E-state index is 13.7. The summed E-state index contributed by atoms with van der Waals surface area (Å²) in [6.45, 7) is 0.470. The van der Waals surface area contributed by atoms with Crippen molar-refractivity contribution in [1.29, 1.82) is 0 Å². The van der Waals surface area contributed by atoms with Gasteiger partial charge in [-0.1, -0.05) is 49.6 Å². The van der Waals surface area contributed by atoms with E-state index in [0.717, 1.165) is 38.5 Å². The number of hydrogen-bond donors (Lipinski definition) is 3. The molecule has 0 aromatic heterocycles. The van der Waals surface area contributed by atoms with Crippen molar-refractivity contribution in [1.82, 2.24) is 15.7 Å². The van der Waals surface area contributed by atoms with E-state index < -0.39 is 17.4 Å². The third-order valence-electron chi connectivity index (χ3n) is 7.08. The number of aryl methyl sites for hydroxylation is 1. The largest absolute Gasteiger partial charge is 0.357 e. The number of nitrogens with zero attached hydrogens (tertiary/aromatic N) is 1. The van der Waals surface area contributed by atoms with Crippen molar-refractivity contribution in [2.75, 3.05) is 13.6 Å². The van der Waals surface area contributed by atoms with E-state index >= 15 is 0 Å². The molecule has 2 aliphatic rings. The normalized spacial score (nSPS) is 22.9. The first kappa shape index (κ1) is 23.3. The molecule has 1 saturated carbocycles. The number of nitrogens with one attached hydrogen (secondary N) is 2. The Kier molecular flexibility index (Phi) is 8.07. The lowest BCUT2D eigenvalue weighted by Gasteiger charge is -2.36. The van der Waals surface area contributed by atoms with Crippen LogP contribution in [0.5, 0.6) is 0 Å². The van der Waals surface area contributed by atoms with Crippen LogP contribution in [0, 0.1) is 11.3 Å². The summed E-state index contributed by atoms with van der Waals surface area (Å²) in [5.74, 6) is -0.635. The Labute approximate surface area is 184 Å². The molecule has 0 bridgehead atoms. The van der Waals surface area contributed by atoms with Crippen molar-refractivity contribution < 1.29 is 19.6 Å². The first-order valence-corrected chi connectivity index (χ1v) is 11.5. The zero-order valence-electron chi connectivity index (χ0n) is 18.4. The summed E-state index contributed by atoms with van der Waals surface area (Å²) in [5.41, 5.74) is 2.02. The van der Waals surface area contributed by atoms with Gasteiger partial charge in [0.1, 0.15) is 6.04 Å². The number of carbonyl (C=O) groups excluding carboxylic acids is 3. The van der Waals surface area contributed by atoms with Gasteiger partial charge in [0.05, 0.1) is 5.41 Å². The van der Waals surface area contributed by atoms with E-state index in [1.165, 1.54) is 12.0 Å². The molecule has 2 atom stereocenters. The molecular weight excluding hydrogens is 394 g/mol. The molecule has 3 rings (SSSR count). The molecule has 3 amide bonds. The summed E-state index contributed by atoms with van der Waals surface area (Å²) < 4.78 is 0. The Balaban J connectivity index is 1.78. The quantitative estimate of drug-likeness (QED) is 0.415. The smallest absolute Gasteiger partial charge is 0.244 e. The second-order valence-electron chi connectivity index (χ2n) is 9.04. The summed E-state index contributed by atoms with van der Waals surface area (Å²) in [6.07, 6.45) is 7.81. The Morgan fingerprint density at radius 2 is 1.90 bits per heavy atom. The van der Waals surface area contributed by atoms with Crippen molar-refractivity contribution in [3.63, 3.8) is 0 Å². The number of benzene rings is 1. The summed E-state index contributed by atoms with van der Waals surface area (Å²) in [7, 11) is 1.62. The van der Waals surface area contributed by atoms with Crippen molar-refractivity contribution in [3.05, 3.63) is 35.9 Å². The van der Waals surface area contributed by atoms with Gasteiger partial charge in [-0.3, -0.25) is 19.6 Å². The molecule has 3 N–H and O–H groups in total. The lowest BCUT2D eigenvalue weighted by molar-refractivity contribution is -0.148. The summed E-state index contributed by atoms with van der Waals surface area (Å²) >= 11 is 0. The lowest BCUT2D eigenvalue weighted by Crippen LogP contribution is -2.53. The highest BCUT2D eigenvalue weighted by Crippen LogP contribution is 2.43. The molecule has 1 aliphatic carbocycles. The average molecular weight is 430 g/mol. The molecule has 1 saturated heterocycles. The number of hydrogen-bond acceptors (Lipinski definition) is 4. The molecule has 0 spiro atoms. The van der Waals surface area contributed by atoms with Crippen LogP contribution in [0.3, 0.4) is 0 Å². The van der Waals surface area contributed by atoms with E-state index in [2.05, 4.69) is 17.4 Å². The predicted molar refractivity (Wildman–Crippen MR) is 117 cm³/mol. The third kappa shape index (κ3) is 5.45. The van der Waals surface area contributed by atoms with Gasteiger partial charge in [-0.15, -0.1) is 0 Å². The first-order valence-electron chi connectivity index (χ1n) is 11.5. The van der Waals surface area contributed by atoms with Crippen LogP contribution in [-0.4, -0.2) is 47.5 Å². The maximum atomic E-state index is 13.7. The van der Waals surface area contributed by atoms with E-state index in [1.54, 1.807) is 17.4 Å². The summed E-state index contributed by atoms with van der Waals surface area (Å²) in [5, 5.41) is 11.9. The van der Waals surface area contributed by atoms with Crippen molar-refractivity contribution in [2.45, 2.75) is 70.3 Å². The van der Waals surface area contributed by atoms with Gasteiger partial charge < -0.3 is 10.2 Å². The van der Waals surface area contributed by atoms with E-state index in [4.69, 9.17) is 5.21 Å². The summed E-state index contributed by atoms with van der Waals surface area (Å²) in [6, 6.07) is 9.58. The van der Waals surface area contributed by atoms with Gasteiger partial charge >= 0.3 is 0 Å². The van der Waals surface area contributed by atoms with Crippen LogP contribution in [0.15, 0.2) is 30.3 Å². The van der Waals surface area contributed by atoms with E-state index in [-0.39, 0.29) is 24.2 Å². The number of rotatable bonds is 9. The topological polar surface area (TPSA) is 98.7 Å². The molecule has 170 valence electrons. The Bertz CT molecular complexity index is 763. The van der Waals surface area contributed by atoms with Crippen LogP contribution in [-0.2, 0) is 20.8 Å². The minimum atomic E-state index is -0.872. The zero-order valence-corrected chi connectivity index (χ0v) is 18.4. The molecular formula is C24H35N3O4. The molecule has 7 heteroatoms. The average Bonchev–Trinajstić information content (AvgIpc) is 3.11. The van der Waals surface area contributed by atoms with Gasteiger partial charge in [0.15, 0.2) is 0 Å². The molecule has 1 aromatic rings. The van der Waals surface area contributed by atoms with E-state index in [0.29, 0.717) is 19.4 Å². The molecule has 0 radical (unpaired) electrons. The van der Waals surface area contributed by atoms with E-state index in [1.807, 2.05) is 18.2 Å². The van der Waals surface area contributed by atoms with E-state index in [9.17, 15) is 14.4 Å². The van der Waals surface area contributed by atoms with Crippen molar-refractivity contribution in [2.24, 2.45) is 11.3 Å². The van der Waals surface area contributed by atoms with Crippen LogP contribution >= 0.6 is 0 Å². The Hall–Kier alpha value is -2.41. The molecule has 31 heavy (non-hydrogen) atoms. The van der Waals surface area contributed by atoms with Crippen molar-refractivity contribution in [3.8, 4) is 0 Å². The molecule has 7 nitrogen and oxygen atoms in total. The first-order chi connectivity index (χ1) is 15.0. The molecule has 2 unspecified atom stereocenters. The van der Waals surface area contributed by atoms with Crippen LogP contribution in [0.2, 0.25) is 0 Å². The van der Waals surface area contributed by atoms with Gasteiger partial charge in [0, 0.05) is 20.0 Å². The summed E-state index contributed by atoms with van der Waals surface area (Å²) in [4.78, 5) is 40.4. The second-order valence-corrected chi connectivity index (χ2v) is 9.04. The minimum absolute atomic E-state index is 0.0568. The van der Waals surface area contributed by atoms with Gasteiger partial charge in [-0.05, 0) is 50.0 Å². The van der Waals surface area contributed by atoms with Crippen LogP contribution in [0.4, 0.5) is 0 Å². The Morgan fingerprint density at radius 3 is 2.55 bits per heavy atom. The van der Waals surface area contributed by atoms with Gasteiger partial charge in [-0.2, -0.15) is 0 Å². The molecule has 1 aromatic carbocycles. The maximum Gasteiger partial charge on any atom is 0.244 e. The minimum Gasteiger partial charge on any atom is -0.357 e. The zero-order chi connectivity index (χ0) is 22.3. The third-order valence-corrected chi connectivity index (χ3v) is 7.08. The van der Waals surface area contributed by atoms with Crippen molar-refractivity contribution >= 4 is 17.7 Å². The fourth-order valence-corrected chi connectivity index (χ4v) is 5.43. The molecule has 1 heterocycles. The molecule has 2 fully saturated rings. The number of amides is 3. The SMILES string of the molecule is CNC(=O)C(C1CCCCC1)N1CCC(CCCc2ccccc2)(CC(=O)NO)C1=O. The number of likely N-dealkylation sites (N-methyl/N-ethyl adjacent to an activating group) is 1. The number of hydroxylamine groups is 1. The highest BCUT2D eigenvalue weighted by Gasteiger charge is 2.51.